The second-order valence-electron chi connectivity index (χ2n) is 5.22. The summed E-state index contributed by atoms with van der Waals surface area (Å²) in [6.45, 7) is 2.20. The summed E-state index contributed by atoms with van der Waals surface area (Å²) in [5.74, 6) is 2.64. The minimum atomic E-state index is 0.294. The molecule has 0 aliphatic carbocycles. The van der Waals surface area contributed by atoms with E-state index in [9.17, 15) is 0 Å². The van der Waals surface area contributed by atoms with Crippen LogP contribution in [-0.4, -0.2) is 30.2 Å². The highest BCUT2D eigenvalue weighted by molar-refractivity contribution is 6.20. The first-order valence-corrected chi connectivity index (χ1v) is 7.32. The molecule has 0 N–H and O–H groups in total. The molecule has 0 unspecified atom stereocenters. The minimum Gasteiger partial charge on any atom is -0.454 e. The van der Waals surface area contributed by atoms with Crippen LogP contribution >= 0.6 is 11.6 Å². The molecule has 0 spiro atoms. The Labute approximate surface area is 122 Å². The van der Waals surface area contributed by atoms with Crippen LogP contribution in [0.2, 0.25) is 0 Å². The standard InChI is InChI=1S/C15H15ClN2O2/c16-11-2-5-18(6-3-11)15-12-8-14-13(19-9-20-14)7-10(12)1-4-17-15/h1,4,7-8,11H,2-3,5-6,9H2. The summed E-state index contributed by atoms with van der Waals surface area (Å²) in [6.07, 6.45) is 3.86. The predicted octanol–water partition coefficient (Wildman–Crippen LogP) is 3.17. The van der Waals surface area contributed by atoms with Crippen LogP contribution in [0.15, 0.2) is 24.4 Å². The van der Waals surface area contributed by atoms with Gasteiger partial charge in [0.2, 0.25) is 6.79 Å². The summed E-state index contributed by atoms with van der Waals surface area (Å²) in [6, 6.07) is 6.07. The second kappa shape index (κ2) is 4.70. The molecule has 0 atom stereocenters. The van der Waals surface area contributed by atoms with Gasteiger partial charge in [-0.25, -0.2) is 4.98 Å². The van der Waals surface area contributed by atoms with Gasteiger partial charge in [0.1, 0.15) is 5.82 Å². The lowest BCUT2D eigenvalue weighted by molar-refractivity contribution is 0.174. The van der Waals surface area contributed by atoms with Gasteiger partial charge >= 0.3 is 0 Å². The fraction of sp³-hybridized carbons (Fsp3) is 0.400. The van der Waals surface area contributed by atoms with Crippen LogP contribution in [0, 0.1) is 0 Å². The molecular weight excluding hydrogens is 276 g/mol. The molecule has 0 amide bonds. The SMILES string of the molecule is ClC1CCN(c2nccc3cc4c(cc23)OCO4)CC1. The maximum atomic E-state index is 6.18. The van der Waals surface area contributed by atoms with Gasteiger partial charge in [-0.05, 0) is 36.4 Å². The van der Waals surface area contributed by atoms with Crippen molar-refractivity contribution >= 4 is 28.2 Å². The highest BCUT2D eigenvalue weighted by Gasteiger charge is 2.22. The lowest BCUT2D eigenvalue weighted by Crippen LogP contribution is -2.34. The molecule has 4 nitrogen and oxygen atoms in total. The largest absolute Gasteiger partial charge is 0.454 e. The van der Waals surface area contributed by atoms with E-state index in [2.05, 4.69) is 9.88 Å². The minimum absolute atomic E-state index is 0.294. The maximum absolute atomic E-state index is 6.18. The third-order valence-corrected chi connectivity index (χ3v) is 4.40. The van der Waals surface area contributed by atoms with Gasteiger partial charge in [-0.3, -0.25) is 0 Å². The number of rotatable bonds is 1. The molecule has 1 saturated heterocycles. The average molecular weight is 291 g/mol. The van der Waals surface area contributed by atoms with Gasteiger partial charge in [0.05, 0.1) is 0 Å². The summed E-state index contributed by atoms with van der Waals surface area (Å²) in [4.78, 5) is 6.88. The van der Waals surface area contributed by atoms with E-state index in [1.165, 1.54) is 0 Å². The number of piperidine rings is 1. The van der Waals surface area contributed by atoms with Crippen LogP contribution in [0.5, 0.6) is 11.5 Å². The van der Waals surface area contributed by atoms with Crippen molar-refractivity contribution in [3.63, 3.8) is 0 Å². The molecule has 1 fully saturated rings. The quantitative estimate of drug-likeness (QED) is 0.756. The highest BCUT2D eigenvalue weighted by Crippen LogP contribution is 2.39. The topological polar surface area (TPSA) is 34.6 Å². The van der Waals surface area contributed by atoms with E-state index < -0.39 is 0 Å². The van der Waals surface area contributed by atoms with E-state index in [1.807, 2.05) is 24.4 Å². The Balaban J connectivity index is 1.79. The number of hydrogen-bond donors (Lipinski definition) is 0. The third kappa shape index (κ3) is 1.95. The Hall–Kier alpha value is -1.68. The number of alkyl halides is 1. The summed E-state index contributed by atoms with van der Waals surface area (Å²) >= 11 is 6.18. The van der Waals surface area contributed by atoms with Gasteiger partial charge in [-0.1, -0.05) is 0 Å². The zero-order chi connectivity index (χ0) is 13.5. The molecule has 104 valence electrons. The Morgan fingerprint density at radius 2 is 1.90 bits per heavy atom. The van der Waals surface area contributed by atoms with Gasteiger partial charge in [-0.2, -0.15) is 0 Å². The van der Waals surface area contributed by atoms with E-state index in [4.69, 9.17) is 21.1 Å². The number of nitrogens with zero attached hydrogens (tertiary/aromatic N) is 2. The van der Waals surface area contributed by atoms with Crippen LogP contribution in [0.1, 0.15) is 12.8 Å². The van der Waals surface area contributed by atoms with Crippen LogP contribution in [0.4, 0.5) is 5.82 Å². The fourth-order valence-electron chi connectivity index (χ4n) is 2.86. The zero-order valence-electron chi connectivity index (χ0n) is 11.0. The normalized spacial score (nSPS) is 18.8. The molecule has 2 aliphatic heterocycles. The molecule has 1 aromatic heterocycles. The number of benzene rings is 1. The van der Waals surface area contributed by atoms with Gasteiger partial charge < -0.3 is 14.4 Å². The summed E-state index contributed by atoms with van der Waals surface area (Å²) in [5, 5.41) is 2.54. The molecule has 2 aromatic rings. The van der Waals surface area contributed by atoms with E-state index in [-0.39, 0.29) is 0 Å². The van der Waals surface area contributed by atoms with Crippen molar-refractivity contribution in [1.29, 1.82) is 0 Å². The molecule has 0 saturated carbocycles. The summed E-state index contributed by atoms with van der Waals surface area (Å²) < 4.78 is 10.9. The van der Waals surface area contributed by atoms with E-state index in [0.29, 0.717) is 12.2 Å². The van der Waals surface area contributed by atoms with Crippen molar-refractivity contribution in [2.45, 2.75) is 18.2 Å². The Bertz CT molecular complexity index is 654. The van der Waals surface area contributed by atoms with E-state index in [1.54, 1.807) is 0 Å². The maximum Gasteiger partial charge on any atom is 0.231 e. The van der Waals surface area contributed by atoms with Crippen LogP contribution in [-0.2, 0) is 0 Å². The van der Waals surface area contributed by atoms with Crippen molar-refractivity contribution in [3.05, 3.63) is 24.4 Å². The van der Waals surface area contributed by atoms with Crippen molar-refractivity contribution < 1.29 is 9.47 Å². The lowest BCUT2D eigenvalue weighted by atomic mass is 10.1. The highest BCUT2D eigenvalue weighted by atomic mass is 35.5. The predicted molar refractivity (Wildman–Crippen MR) is 79.0 cm³/mol. The van der Waals surface area contributed by atoms with Crippen molar-refractivity contribution in [2.75, 3.05) is 24.8 Å². The molecule has 0 radical (unpaired) electrons. The van der Waals surface area contributed by atoms with Gasteiger partial charge in [0, 0.05) is 30.0 Å². The number of pyridine rings is 1. The Morgan fingerprint density at radius 3 is 2.70 bits per heavy atom. The molecular formula is C15H15ClN2O2. The van der Waals surface area contributed by atoms with E-state index in [0.717, 1.165) is 54.0 Å². The molecule has 1 aromatic carbocycles. The number of aromatic nitrogens is 1. The molecule has 0 bridgehead atoms. The van der Waals surface area contributed by atoms with Gasteiger partial charge in [0.25, 0.3) is 0 Å². The number of fused-ring (bicyclic) bond motifs is 2. The van der Waals surface area contributed by atoms with Crippen molar-refractivity contribution in [2.24, 2.45) is 0 Å². The van der Waals surface area contributed by atoms with Crippen LogP contribution in [0.3, 0.4) is 0 Å². The first-order chi connectivity index (χ1) is 9.81. The zero-order valence-corrected chi connectivity index (χ0v) is 11.8. The Kier molecular flexibility index (Phi) is 2.84. The smallest absolute Gasteiger partial charge is 0.231 e. The van der Waals surface area contributed by atoms with Crippen LogP contribution < -0.4 is 14.4 Å². The molecule has 2 aliphatic rings. The molecule has 20 heavy (non-hydrogen) atoms. The van der Waals surface area contributed by atoms with Gasteiger partial charge in [0.15, 0.2) is 11.5 Å². The monoisotopic (exact) mass is 290 g/mol. The number of hydrogen-bond acceptors (Lipinski definition) is 4. The molecule has 5 heteroatoms. The fourth-order valence-corrected chi connectivity index (χ4v) is 3.05. The van der Waals surface area contributed by atoms with Crippen molar-refractivity contribution in [1.82, 2.24) is 4.98 Å². The van der Waals surface area contributed by atoms with Gasteiger partial charge in [-0.15, -0.1) is 11.6 Å². The average Bonchev–Trinajstić information content (AvgIpc) is 2.92. The van der Waals surface area contributed by atoms with E-state index >= 15 is 0 Å². The molecule has 3 heterocycles. The number of halogens is 1. The third-order valence-electron chi connectivity index (χ3n) is 3.96. The lowest BCUT2D eigenvalue weighted by Gasteiger charge is -2.31. The van der Waals surface area contributed by atoms with Crippen LogP contribution in [0.25, 0.3) is 10.8 Å². The summed E-state index contributed by atoms with van der Waals surface area (Å²) in [7, 11) is 0. The number of anilines is 1. The summed E-state index contributed by atoms with van der Waals surface area (Å²) in [5.41, 5.74) is 0. The van der Waals surface area contributed by atoms with Crippen molar-refractivity contribution in [3.8, 4) is 11.5 Å². The first-order valence-electron chi connectivity index (χ1n) is 6.88. The molecule has 4 rings (SSSR count). The second-order valence-corrected chi connectivity index (χ2v) is 5.84. The first kappa shape index (κ1) is 12.1. The Morgan fingerprint density at radius 1 is 1.15 bits per heavy atom. The number of ether oxygens (including phenoxy) is 2.